The molecule has 0 fully saturated rings. The van der Waals surface area contributed by atoms with Crippen molar-refractivity contribution in [3.63, 3.8) is 0 Å². The Labute approximate surface area is 70.7 Å². The first-order chi connectivity index (χ1) is 5.19. The first-order valence-corrected chi connectivity index (χ1v) is 4.87. The minimum absolute atomic E-state index is 0.507. The van der Waals surface area contributed by atoms with Gasteiger partial charge < -0.3 is 0 Å². The molecular weight excluding hydrogens is 132 g/mol. The van der Waals surface area contributed by atoms with E-state index in [4.69, 9.17) is 0 Å². The minimum Gasteiger partial charge on any atom is -0.0880 e. The maximum Gasteiger partial charge on any atom is -0.0121 e. The van der Waals surface area contributed by atoms with Gasteiger partial charge in [-0.25, -0.2) is 0 Å². The van der Waals surface area contributed by atoms with Gasteiger partial charge in [0.15, 0.2) is 0 Å². The van der Waals surface area contributed by atoms with Crippen molar-refractivity contribution < 1.29 is 0 Å². The van der Waals surface area contributed by atoms with E-state index in [2.05, 4.69) is 32.9 Å². The van der Waals surface area contributed by atoms with E-state index in [1.165, 1.54) is 25.7 Å². The maximum atomic E-state index is 2.44. The lowest BCUT2D eigenvalue weighted by Gasteiger charge is -2.35. The number of hydrogen-bond donors (Lipinski definition) is 0. The highest BCUT2D eigenvalue weighted by atomic mass is 14.3. The van der Waals surface area contributed by atoms with E-state index in [1.807, 2.05) is 0 Å². The van der Waals surface area contributed by atoms with Crippen molar-refractivity contribution in [3.05, 3.63) is 12.2 Å². The number of hydrogen-bond acceptors (Lipinski definition) is 0. The van der Waals surface area contributed by atoms with Crippen LogP contribution in [0.2, 0.25) is 0 Å². The van der Waals surface area contributed by atoms with Crippen molar-refractivity contribution in [2.24, 2.45) is 11.3 Å². The molecule has 2 unspecified atom stereocenters. The van der Waals surface area contributed by atoms with Crippen molar-refractivity contribution >= 4 is 0 Å². The molecule has 0 aromatic rings. The number of allylic oxidation sites excluding steroid dienone is 2. The van der Waals surface area contributed by atoms with Gasteiger partial charge in [-0.3, -0.25) is 0 Å². The highest BCUT2D eigenvalue weighted by Crippen LogP contribution is 2.39. The largest absolute Gasteiger partial charge is 0.0880 e. The third-order valence-electron chi connectivity index (χ3n) is 3.18. The van der Waals surface area contributed by atoms with Crippen LogP contribution in [0, 0.1) is 11.3 Å². The molecule has 0 aliphatic heterocycles. The Hall–Kier alpha value is -0.260. The summed E-state index contributed by atoms with van der Waals surface area (Å²) in [4.78, 5) is 0. The van der Waals surface area contributed by atoms with Gasteiger partial charge in [-0.05, 0) is 30.6 Å². The lowest BCUT2D eigenvalue weighted by molar-refractivity contribution is 0.228. The van der Waals surface area contributed by atoms with E-state index < -0.39 is 0 Å². The molecule has 0 aromatic heterocycles. The molecule has 0 saturated carbocycles. The lowest BCUT2D eigenvalue weighted by Crippen LogP contribution is -2.25. The van der Waals surface area contributed by atoms with Crippen LogP contribution >= 0.6 is 0 Å². The van der Waals surface area contributed by atoms with Gasteiger partial charge in [0, 0.05) is 0 Å². The molecule has 1 aliphatic rings. The van der Waals surface area contributed by atoms with Gasteiger partial charge in [-0.1, -0.05) is 39.3 Å². The van der Waals surface area contributed by atoms with E-state index in [1.54, 1.807) is 0 Å². The van der Waals surface area contributed by atoms with Gasteiger partial charge >= 0.3 is 0 Å². The van der Waals surface area contributed by atoms with E-state index in [0.29, 0.717) is 5.41 Å². The van der Waals surface area contributed by atoms with Crippen LogP contribution in [0.3, 0.4) is 0 Å². The lowest BCUT2D eigenvalue weighted by atomic mass is 9.70. The molecule has 0 radical (unpaired) electrons. The quantitative estimate of drug-likeness (QED) is 0.528. The third-order valence-corrected chi connectivity index (χ3v) is 3.18. The second-order valence-electron chi connectivity index (χ2n) is 4.14. The molecule has 1 rings (SSSR count). The molecule has 0 heterocycles. The fourth-order valence-electron chi connectivity index (χ4n) is 2.06. The van der Waals surface area contributed by atoms with Crippen molar-refractivity contribution in [2.45, 2.75) is 46.5 Å². The fraction of sp³-hybridized carbons (Fsp3) is 0.818. The molecule has 0 heteroatoms. The highest BCUT2D eigenvalue weighted by Gasteiger charge is 2.28. The zero-order valence-electron chi connectivity index (χ0n) is 8.06. The van der Waals surface area contributed by atoms with Crippen LogP contribution in [-0.4, -0.2) is 0 Å². The molecule has 11 heavy (non-hydrogen) atoms. The summed E-state index contributed by atoms with van der Waals surface area (Å²) in [6, 6.07) is 0. The van der Waals surface area contributed by atoms with Crippen LogP contribution in [0.15, 0.2) is 12.2 Å². The molecule has 64 valence electrons. The predicted molar refractivity (Wildman–Crippen MR) is 50.6 cm³/mol. The van der Waals surface area contributed by atoms with E-state index >= 15 is 0 Å². The number of rotatable bonds is 2. The molecule has 0 aromatic carbocycles. The monoisotopic (exact) mass is 152 g/mol. The molecule has 0 nitrogen and oxygen atoms in total. The predicted octanol–water partition coefficient (Wildman–Crippen LogP) is 3.78. The summed E-state index contributed by atoms with van der Waals surface area (Å²) in [5.74, 6) is 0.882. The van der Waals surface area contributed by atoms with Gasteiger partial charge in [0.1, 0.15) is 0 Å². The molecule has 0 spiro atoms. The normalized spacial score (nSPS) is 37.5. The smallest absolute Gasteiger partial charge is 0.0121 e. The van der Waals surface area contributed by atoms with Crippen LogP contribution < -0.4 is 0 Å². The highest BCUT2D eigenvalue weighted by molar-refractivity contribution is 5.03. The Bertz CT molecular complexity index is 146. The van der Waals surface area contributed by atoms with E-state index in [0.717, 1.165) is 5.92 Å². The van der Waals surface area contributed by atoms with Crippen LogP contribution in [0.5, 0.6) is 0 Å². The van der Waals surface area contributed by atoms with Crippen molar-refractivity contribution in [2.75, 3.05) is 0 Å². The van der Waals surface area contributed by atoms with Crippen molar-refractivity contribution in [3.8, 4) is 0 Å². The summed E-state index contributed by atoms with van der Waals surface area (Å²) in [6.45, 7) is 7.07. The molecule has 2 atom stereocenters. The van der Waals surface area contributed by atoms with Crippen molar-refractivity contribution in [1.29, 1.82) is 0 Å². The van der Waals surface area contributed by atoms with Crippen LogP contribution in [-0.2, 0) is 0 Å². The Morgan fingerprint density at radius 1 is 1.55 bits per heavy atom. The average molecular weight is 152 g/mol. The van der Waals surface area contributed by atoms with Crippen LogP contribution in [0.1, 0.15) is 46.5 Å². The zero-order chi connectivity index (χ0) is 8.32. The standard InChI is InChI=1S/C11H20/c1-4-8-11(3)9-6-5-7-10(11)2/h6,9-10H,4-5,7-8H2,1-3H3. The summed E-state index contributed by atoms with van der Waals surface area (Å²) < 4.78 is 0. The Morgan fingerprint density at radius 2 is 2.27 bits per heavy atom. The molecule has 0 N–H and O–H groups in total. The maximum absolute atomic E-state index is 2.44. The SMILES string of the molecule is CCCC1(C)C=CCCC1C. The first kappa shape index (κ1) is 8.83. The van der Waals surface area contributed by atoms with E-state index in [9.17, 15) is 0 Å². The molecule has 0 saturated heterocycles. The summed E-state index contributed by atoms with van der Waals surface area (Å²) in [6.07, 6.45) is 10.1. The molecular formula is C11H20. The minimum atomic E-state index is 0.507. The first-order valence-electron chi connectivity index (χ1n) is 4.87. The summed E-state index contributed by atoms with van der Waals surface area (Å²) in [5, 5.41) is 0. The van der Waals surface area contributed by atoms with Gasteiger partial charge in [0.2, 0.25) is 0 Å². The topological polar surface area (TPSA) is 0 Å². The molecule has 1 aliphatic carbocycles. The second kappa shape index (κ2) is 3.42. The van der Waals surface area contributed by atoms with Crippen LogP contribution in [0.4, 0.5) is 0 Å². The van der Waals surface area contributed by atoms with Crippen LogP contribution in [0.25, 0.3) is 0 Å². The van der Waals surface area contributed by atoms with Crippen molar-refractivity contribution in [1.82, 2.24) is 0 Å². The van der Waals surface area contributed by atoms with E-state index in [-0.39, 0.29) is 0 Å². The summed E-state index contributed by atoms with van der Waals surface area (Å²) in [5.41, 5.74) is 0.507. The summed E-state index contributed by atoms with van der Waals surface area (Å²) in [7, 11) is 0. The Morgan fingerprint density at radius 3 is 2.82 bits per heavy atom. The fourth-order valence-corrected chi connectivity index (χ4v) is 2.06. The second-order valence-corrected chi connectivity index (χ2v) is 4.14. The Kier molecular flexibility index (Phi) is 2.75. The average Bonchev–Trinajstić information content (AvgIpc) is 1.96. The molecule has 0 amide bonds. The van der Waals surface area contributed by atoms with Gasteiger partial charge in [0.05, 0.1) is 0 Å². The van der Waals surface area contributed by atoms with Gasteiger partial charge in [0.25, 0.3) is 0 Å². The summed E-state index contributed by atoms with van der Waals surface area (Å²) >= 11 is 0. The zero-order valence-corrected chi connectivity index (χ0v) is 8.06. The van der Waals surface area contributed by atoms with Gasteiger partial charge in [-0.2, -0.15) is 0 Å². The van der Waals surface area contributed by atoms with Gasteiger partial charge in [-0.15, -0.1) is 0 Å². The third kappa shape index (κ3) is 1.85. The Balaban J connectivity index is 2.64. The molecule has 0 bridgehead atoms.